The molecular weight excluding hydrogens is 360 g/mol. The Labute approximate surface area is 165 Å². The predicted molar refractivity (Wildman–Crippen MR) is 107 cm³/mol. The number of hydrogen-bond acceptors (Lipinski definition) is 5. The van der Waals surface area contributed by atoms with Crippen LogP contribution in [0.2, 0.25) is 0 Å². The van der Waals surface area contributed by atoms with Gasteiger partial charge in [-0.25, -0.2) is 0 Å². The van der Waals surface area contributed by atoms with E-state index in [-0.39, 0.29) is 17.7 Å². The van der Waals surface area contributed by atoms with E-state index >= 15 is 0 Å². The van der Waals surface area contributed by atoms with Gasteiger partial charge in [0.15, 0.2) is 0 Å². The highest BCUT2D eigenvalue weighted by Crippen LogP contribution is 2.29. The Morgan fingerprint density at radius 3 is 2.00 bits per heavy atom. The first-order valence-corrected chi connectivity index (χ1v) is 8.87. The second kappa shape index (κ2) is 9.64. The van der Waals surface area contributed by atoms with Crippen LogP contribution in [0.4, 0.5) is 5.69 Å². The summed E-state index contributed by atoms with van der Waals surface area (Å²) in [5, 5.41) is 5.61. The van der Waals surface area contributed by atoms with Crippen molar-refractivity contribution in [2.75, 3.05) is 26.6 Å². The minimum absolute atomic E-state index is 0.119. The molecule has 0 unspecified atom stereocenters. The van der Waals surface area contributed by atoms with Gasteiger partial charge in [0.1, 0.15) is 23.3 Å². The molecule has 0 radical (unpaired) electrons. The van der Waals surface area contributed by atoms with E-state index < -0.39 is 6.04 Å². The lowest BCUT2D eigenvalue weighted by Gasteiger charge is -2.22. The third-order valence-corrected chi connectivity index (χ3v) is 4.25. The Hall–Kier alpha value is -3.22. The van der Waals surface area contributed by atoms with E-state index in [2.05, 4.69) is 10.6 Å². The van der Waals surface area contributed by atoms with Gasteiger partial charge in [-0.15, -0.1) is 0 Å². The van der Waals surface area contributed by atoms with Gasteiger partial charge in [0.2, 0.25) is 5.91 Å². The lowest BCUT2D eigenvalue weighted by molar-refractivity contribution is -0.118. The molecule has 0 aromatic heterocycles. The SMILES string of the molecule is COc1ccc(C(=O)N[C@@H](C(=O)Nc2ccc(OC)cc2OC)C(C)C)cc1. The monoisotopic (exact) mass is 386 g/mol. The Balaban J connectivity index is 2.14. The third-order valence-electron chi connectivity index (χ3n) is 4.25. The maximum absolute atomic E-state index is 12.8. The fourth-order valence-electron chi connectivity index (χ4n) is 2.61. The van der Waals surface area contributed by atoms with E-state index in [0.717, 1.165) is 0 Å². The first-order chi connectivity index (χ1) is 13.4. The van der Waals surface area contributed by atoms with E-state index in [9.17, 15) is 9.59 Å². The van der Waals surface area contributed by atoms with Crippen molar-refractivity contribution in [1.82, 2.24) is 5.32 Å². The van der Waals surface area contributed by atoms with Crippen LogP contribution >= 0.6 is 0 Å². The van der Waals surface area contributed by atoms with Crippen molar-refractivity contribution in [3.63, 3.8) is 0 Å². The molecule has 7 heteroatoms. The second-order valence-corrected chi connectivity index (χ2v) is 6.48. The number of nitrogens with one attached hydrogen (secondary N) is 2. The summed E-state index contributed by atoms with van der Waals surface area (Å²) in [6.45, 7) is 3.73. The van der Waals surface area contributed by atoms with Gasteiger partial charge in [0.05, 0.1) is 27.0 Å². The van der Waals surface area contributed by atoms with E-state index in [1.165, 1.54) is 7.11 Å². The molecule has 1 atom stereocenters. The Morgan fingerprint density at radius 2 is 1.46 bits per heavy atom. The number of anilines is 1. The number of carbonyl (C=O) groups is 2. The molecule has 0 saturated heterocycles. The molecule has 0 aliphatic rings. The molecule has 0 saturated carbocycles. The zero-order valence-corrected chi connectivity index (χ0v) is 16.7. The van der Waals surface area contributed by atoms with Crippen LogP contribution in [0.25, 0.3) is 0 Å². The number of carbonyl (C=O) groups excluding carboxylic acids is 2. The minimum Gasteiger partial charge on any atom is -0.497 e. The summed E-state index contributed by atoms with van der Waals surface area (Å²) in [6.07, 6.45) is 0. The van der Waals surface area contributed by atoms with Crippen LogP contribution in [-0.2, 0) is 4.79 Å². The lowest BCUT2D eigenvalue weighted by Crippen LogP contribution is -2.47. The fourth-order valence-corrected chi connectivity index (χ4v) is 2.61. The molecule has 0 spiro atoms. The molecule has 0 fully saturated rings. The minimum atomic E-state index is -0.721. The molecule has 7 nitrogen and oxygen atoms in total. The predicted octanol–water partition coefficient (Wildman–Crippen LogP) is 3.11. The first kappa shape index (κ1) is 21.1. The number of rotatable bonds is 8. The lowest BCUT2D eigenvalue weighted by atomic mass is 10.0. The van der Waals surface area contributed by atoms with Gasteiger partial charge in [-0.3, -0.25) is 9.59 Å². The van der Waals surface area contributed by atoms with Crippen molar-refractivity contribution in [2.24, 2.45) is 5.92 Å². The number of ether oxygens (including phenoxy) is 3. The number of hydrogen-bond donors (Lipinski definition) is 2. The summed E-state index contributed by atoms with van der Waals surface area (Å²) in [5.41, 5.74) is 0.943. The first-order valence-electron chi connectivity index (χ1n) is 8.87. The normalized spacial score (nSPS) is 11.5. The summed E-state index contributed by atoms with van der Waals surface area (Å²) in [7, 11) is 4.62. The maximum Gasteiger partial charge on any atom is 0.251 e. The van der Waals surface area contributed by atoms with E-state index in [1.54, 1.807) is 56.7 Å². The average molecular weight is 386 g/mol. The van der Waals surface area contributed by atoms with Crippen LogP contribution in [0.1, 0.15) is 24.2 Å². The van der Waals surface area contributed by atoms with Crippen LogP contribution < -0.4 is 24.8 Å². The Bertz CT molecular complexity index is 818. The van der Waals surface area contributed by atoms with Gasteiger partial charge in [-0.2, -0.15) is 0 Å². The average Bonchev–Trinajstić information content (AvgIpc) is 2.71. The molecule has 0 heterocycles. The molecule has 0 bridgehead atoms. The molecular formula is C21H26N2O5. The van der Waals surface area contributed by atoms with Crippen LogP contribution in [0.15, 0.2) is 42.5 Å². The van der Waals surface area contributed by atoms with Gasteiger partial charge in [-0.1, -0.05) is 13.8 Å². The topological polar surface area (TPSA) is 85.9 Å². The van der Waals surface area contributed by atoms with Gasteiger partial charge < -0.3 is 24.8 Å². The Morgan fingerprint density at radius 1 is 0.857 bits per heavy atom. The molecule has 0 aliphatic carbocycles. The molecule has 2 rings (SSSR count). The zero-order valence-electron chi connectivity index (χ0n) is 16.7. The van der Waals surface area contributed by atoms with E-state index in [4.69, 9.17) is 14.2 Å². The third kappa shape index (κ3) is 5.16. The molecule has 28 heavy (non-hydrogen) atoms. The largest absolute Gasteiger partial charge is 0.497 e. The van der Waals surface area contributed by atoms with Crippen LogP contribution in [0, 0.1) is 5.92 Å². The van der Waals surface area contributed by atoms with Crippen molar-refractivity contribution >= 4 is 17.5 Å². The van der Waals surface area contributed by atoms with Crippen molar-refractivity contribution in [1.29, 1.82) is 0 Å². The quantitative estimate of drug-likeness (QED) is 0.728. The zero-order chi connectivity index (χ0) is 20.7. The standard InChI is InChI=1S/C21H26N2O5/c1-13(2)19(23-20(24)14-6-8-15(26-3)9-7-14)21(25)22-17-11-10-16(27-4)12-18(17)28-5/h6-13,19H,1-5H3,(H,22,25)(H,23,24)/t19-/m1/s1. The maximum atomic E-state index is 12.8. The van der Waals surface area contributed by atoms with Crippen LogP contribution in [0.3, 0.4) is 0 Å². The molecule has 150 valence electrons. The Kier molecular flexibility index (Phi) is 7.26. The fraction of sp³-hybridized carbons (Fsp3) is 0.333. The molecule has 2 aromatic rings. The van der Waals surface area contributed by atoms with Crippen LogP contribution in [-0.4, -0.2) is 39.2 Å². The van der Waals surface area contributed by atoms with Gasteiger partial charge in [-0.05, 0) is 42.3 Å². The summed E-state index contributed by atoms with van der Waals surface area (Å²) in [6, 6.07) is 11.1. The highest BCUT2D eigenvalue weighted by atomic mass is 16.5. The van der Waals surface area contributed by atoms with Crippen molar-refractivity contribution < 1.29 is 23.8 Å². The van der Waals surface area contributed by atoms with Crippen LogP contribution in [0.5, 0.6) is 17.2 Å². The van der Waals surface area contributed by atoms with E-state index in [1.807, 2.05) is 13.8 Å². The smallest absolute Gasteiger partial charge is 0.251 e. The van der Waals surface area contributed by atoms with Gasteiger partial charge in [0.25, 0.3) is 5.91 Å². The van der Waals surface area contributed by atoms with Crippen molar-refractivity contribution in [2.45, 2.75) is 19.9 Å². The summed E-state index contributed by atoms with van der Waals surface area (Å²) >= 11 is 0. The molecule has 2 aromatic carbocycles. The summed E-state index contributed by atoms with van der Waals surface area (Å²) < 4.78 is 15.6. The van der Waals surface area contributed by atoms with Gasteiger partial charge >= 0.3 is 0 Å². The van der Waals surface area contributed by atoms with Gasteiger partial charge in [0, 0.05) is 11.6 Å². The summed E-state index contributed by atoms with van der Waals surface area (Å²) in [4.78, 5) is 25.4. The number of amides is 2. The highest BCUT2D eigenvalue weighted by Gasteiger charge is 2.25. The summed E-state index contributed by atoms with van der Waals surface area (Å²) in [5.74, 6) is 0.950. The highest BCUT2D eigenvalue weighted by molar-refractivity contribution is 6.01. The second-order valence-electron chi connectivity index (χ2n) is 6.48. The molecule has 2 amide bonds. The van der Waals surface area contributed by atoms with Crippen molar-refractivity contribution in [3.8, 4) is 17.2 Å². The number of benzene rings is 2. The van der Waals surface area contributed by atoms with Crippen molar-refractivity contribution in [3.05, 3.63) is 48.0 Å². The molecule has 0 aliphatic heterocycles. The number of methoxy groups -OCH3 is 3. The van der Waals surface area contributed by atoms with E-state index in [0.29, 0.717) is 28.5 Å². The molecule has 2 N–H and O–H groups in total.